The summed E-state index contributed by atoms with van der Waals surface area (Å²) in [6.07, 6.45) is 4.92. The van der Waals surface area contributed by atoms with Crippen molar-refractivity contribution in [2.24, 2.45) is 0 Å². The highest BCUT2D eigenvalue weighted by Crippen LogP contribution is 2.24. The van der Waals surface area contributed by atoms with Crippen LogP contribution in [0.15, 0.2) is 109 Å². The molecule has 0 radical (unpaired) electrons. The fourth-order valence-electron chi connectivity index (χ4n) is 4.08. The number of aliphatic carboxylic acids is 1. The van der Waals surface area contributed by atoms with Crippen LogP contribution in [0.5, 0.6) is 0 Å². The van der Waals surface area contributed by atoms with Crippen molar-refractivity contribution in [2.45, 2.75) is 25.7 Å². The Labute approximate surface area is 253 Å². The smallest absolute Gasteiger partial charge is 0.328 e. The molecular formula is C34H28Cl2F2O4. The quantitative estimate of drug-likeness (QED) is 0.105. The first-order valence-electron chi connectivity index (χ1n) is 13.0. The lowest BCUT2D eigenvalue weighted by Gasteiger charge is -2.08. The first-order chi connectivity index (χ1) is 20.3. The van der Waals surface area contributed by atoms with Gasteiger partial charge in [0.25, 0.3) is 6.47 Å². The molecule has 0 unspecified atom stereocenters. The van der Waals surface area contributed by atoms with E-state index in [2.05, 4.69) is 0 Å². The van der Waals surface area contributed by atoms with Crippen molar-refractivity contribution in [1.29, 1.82) is 0 Å². The lowest BCUT2D eigenvalue weighted by Crippen LogP contribution is -1.95. The second-order valence-electron chi connectivity index (χ2n) is 9.11. The maximum atomic E-state index is 13.4. The summed E-state index contributed by atoms with van der Waals surface area (Å²) in [6.45, 7) is 0.380. The van der Waals surface area contributed by atoms with Gasteiger partial charge < -0.3 is 9.84 Å². The van der Waals surface area contributed by atoms with Crippen molar-refractivity contribution in [3.63, 3.8) is 0 Å². The normalized spacial score (nSPS) is 11.3. The molecule has 0 spiro atoms. The van der Waals surface area contributed by atoms with Crippen LogP contribution in [0.1, 0.15) is 35.1 Å². The van der Waals surface area contributed by atoms with Crippen molar-refractivity contribution in [3.05, 3.63) is 153 Å². The minimum atomic E-state index is -0.990. The Bertz CT molecular complexity index is 1540. The van der Waals surface area contributed by atoms with Gasteiger partial charge in [0, 0.05) is 6.08 Å². The highest BCUT2D eigenvalue weighted by Gasteiger charge is 2.08. The fraction of sp³-hybridized carbons (Fsp3) is 0.118. The maximum absolute atomic E-state index is 13.4. The van der Waals surface area contributed by atoms with Gasteiger partial charge in [-0.1, -0.05) is 96.0 Å². The van der Waals surface area contributed by atoms with Gasteiger partial charge in [0.2, 0.25) is 0 Å². The van der Waals surface area contributed by atoms with E-state index in [-0.39, 0.29) is 10.0 Å². The van der Waals surface area contributed by atoms with Gasteiger partial charge in [0.1, 0.15) is 11.6 Å². The van der Waals surface area contributed by atoms with Crippen LogP contribution in [-0.2, 0) is 27.2 Å². The van der Waals surface area contributed by atoms with E-state index in [9.17, 15) is 18.4 Å². The SMILES string of the molecule is O=C(O)/C=C(/CCc1ccc(Cl)c(F)c1)c1ccccc1.O=CO/C=C(\CCc1ccc(Cl)c(F)c1)c1ccccc1. The number of allylic oxidation sites excluding steroid dienone is 2. The number of carboxylic acids is 1. The van der Waals surface area contributed by atoms with E-state index in [0.29, 0.717) is 37.7 Å². The van der Waals surface area contributed by atoms with Crippen molar-refractivity contribution in [3.8, 4) is 0 Å². The molecule has 0 heterocycles. The summed E-state index contributed by atoms with van der Waals surface area (Å²) >= 11 is 11.3. The number of ether oxygens (including phenoxy) is 1. The maximum Gasteiger partial charge on any atom is 0.328 e. The Morgan fingerprint density at radius 1 is 0.714 bits per heavy atom. The zero-order chi connectivity index (χ0) is 30.3. The highest BCUT2D eigenvalue weighted by molar-refractivity contribution is 6.31. The molecule has 0 atom stereocenters. The number of carboxylic acid groups (broad SMARTS) is 1. The monoisotopic (exact) mass is 608 g/mol. The van der Waals surface area contributed by atoms with Gasteiger partial charge in [-0.05, 0) is 83.3 Å². The van der Waals surface area contributed by atoms with Crippen LogP contribution in [0.2, 0.25) is 10.0 Å². The molecule has 0 fully saturated rings. The number of halogens is 4. The molecule has 4 rings (SSSR count). The van der Waals surface area contributed by atoms with Gasteiger partial charge in [-0.15, -0.1) is 0 Å². The van der Waals surface area contributed by atoms with E-state index in [4.69, 9.17) is 33.0 Å². The van der Waals surface area contributed by atoms with E-state index in [1.807, 2.05) is 60.7 Å². The summed E-state index contributed by atoms with van der Waals surface area (Å²) in [7, 11) is 0. The van der Waals surface area contributed by atoms with Crippen molar-refractivity contribution in [1.82, 2.24) is 0 Å². The van der Waals surface area contributed by atoms with Crippen LogP contribution in [0.4, 0.5) is 8.78 Å². The van der Waals surface area contributed by atoms with E-state index >= 15 is 0 Å². The largest absolute Gasteiger partial charge is 0.478 e. The summed E-state index contributed by atoms with van der Waals surface area (Å²) in [5, 5.41) is 9.17. The first-order valence-corrected chi connectivity index (χ1v) is 13.7. The summed E-state index contributed by atoms with van der Waals surface area (Å²) in [5.41, 5.74) is 5.02. The molecule has 0 aliphatic carbocycles. The molecule has 4 nitrogen and oxygen atoms in total. The third-order valence-electron chi connectivity index (χ3n) is 6.19. The number of rotatable bonds is 11. The number of carbonyl (C=O) groups excluding carboxylic acids is 1. The second kappa shape index (κ2) is 16.9. The average Bonchev–Trinajstić information content (AvgIpc) is 3.00. The van der Waals surface area contributed by atoms with Crippen LogP contribution < -0.4 is 0 Å². The van der Waals surface area contributed by atoms with E-state index in [1.165, 1.54) is 30.5 Å². The third-order valence-corrected chi connectivity index (χ3v) is 6.80. The van der Waals surface area contributed by atoms with E-state index in [1.54, 1.807) is 18.2 Å². The zero-order valence-electron chi connectivity index (χ0n) is 22.5. The Kier molecular flexibility index (Phi) is 13.0. The molecule has 0 aromatic heterocycles. The topological polar surface area (TPSA) is 63.6 Å². The van der Waals surface area contributed by atoms with Crippen LogP contribution >= 0.6 is 23.2 Å². The summed E-state index contributed by atoms with van der Waals surface area (Å²) in [4.78, 5) is 21.3. The van der Waals surface area contributed by atoms with Gasteiger partial charge in [-0.25, -0.2) is 13.6 Å². The number of benzene rings is 4. The standard InChI is InChI=1S/2C17H14ClFO2/c18-16-9-7-13(10-17(16)19)6-8-15(11-21-12-20)14-4-2-1-3-5-14;18-15-9-7-12(10-16(15)19)6-8-14(11-17(20)21)13-4-2-1-3-5-13/h1-5,7,9-12H,6,8H2;1-5,7,9-11H,6,8H2,(H,20,21)/b15-11+;14-11-. The van der Waals surface area contributed by atoms with Crippen LogP contribution in [0.3, 0.4) is 0 Å². The molecule has 0 aliphatic heterocycles. The van der Waals surface area contributed by atoms with Crippen molar-refractivity contribution < 1.29 is 28.2 Å². The molecule has 0 saturated heterocycles. The minimum Gasteiger partial charge on any atom is -0.478 e. The van der Waals surface area contributed by atoms with Crippen molar-refractivity contribution >= 4 is 46.8 Å². The number of hydrogen-bond donors (Lipinski definition) is 1. The second-order valence-corrected chi connectivity index (χ2v) is 9.93. The molecule has 0 bridgehead atoms. The Balaban J connectivity index is 0.000000230. The van der Waals surface area contributed by atoms with Crippen molar-refractivity contribution in [2.75, 3.05) is 0 Å². The Hall–Kier alpha value is -4.26. The Morgan fingerprint density at radius 3 is 1.60 bits per heavy atom. The predicted molar refractivity (Wildman–Crippen MR) is 163 cm³/mol. The van der Waals surface area contributed by atoms with Gasteiger partial charge in [0.15, 0.2) is 0 Å². The van der Waals surface area contributed by atoms with Gasteiger partial charge in [-0.3, -0.25) is 4.79 Å². The molecule has 42 heavy (non-hydrogen) atoms. The average molecular weight is 609 g/mol. The fourth-order valence-corrected chi connectivity index (χ4v) is 4.32. The molecular weight excluding hydrogens is 581 g/mol. The molecule has 216 valence electrons. The number of aryl methyl sites for hydroxylation is 2. The van der Waals surface area contributed by atoms with E-state index in [0.717, 1.165) is 27.8 Å². The molecule has 4 aromatic carbocycles. The lowest BCUT2D eigenvalue weighted by atomic mass is 9.98. The highest BCUT2D eigenvalue weighted by atomic mass is 35.5. The number of carbonyl (C=O) groups is 2. The molecule has 0 saturated carbocycles. The molecule has 8 heteroatoms. The third kappa shape index (κ3) is 10.6. The zero-order valence-corrected chi connectivity index (χ0v) is 24.0. The minimum absolute atomic E-state index is 0.0862. The molecule has 4 aromatic rings. The lowest BCUT2D eigenvalue weighted by molar-refractivity contribution is -0.131. The molecule has 0 aliphatic rings. The van der Waals surface area contributed by atoms with Crippen LogP contribution in [0, 0.1) is 11.6 Å². The summed E-state index contributed by atoms with van der Waals surface area (Å²) < 4.78 is 31.6. The van der Waals surface area contributed by atoms with Gasteiger partial charge in [-0.2, -0.15) is 0 Å². The summed E-state index contributed by atoms with van der Waals surface area (Å²) in [6, 6.07) is 28.3. The van der Waals surface area contributed by atoms with Crippen LogP contribution in [-0.4, -0.2) is 17.5 Å². The van der Waals surface area contributed by atoms with Gasteiger partial charge >= 0.3 is 5.97 Å². The predicted octanol–water partition coefficient (Wildman–Crippen LogP) is 9.21. The first kappa shape index (κ1) is 32.3. The summed E-state index contributed by atoms with van der Waals surface area (Å²) in [5.74, 6) is -1.88. The molecule has 1 N–H and O–H groups in total. The van der Waals surface area contributed by atoms with Gasteiger partial charge in [0.05, 0.1) is 16.3 Å². The number of hydrogen-bond acceptors (Lipinski definition) is 3. The van der Waals surface area contributed by atoms with Crippen LogP contribution in [0.25, 0.3) is 11.1 Å². The molecule has 0 amide bonds. The van der Waals surface area contributed by atoms with E-state index < -0.39 is 17.6 Å². The Morgan fingerprint density at radius 2 is 1.17 bits per heavy atom.